The van der Waals surface area contributed by atoms with Gasteiger partial charge in [-0.05, 0) is 18.1 Å². The van der Waals surface area contributed by atoms with E-state index in [1.54, 1.807) is 0 Å². The second kappa shape index (κ2) is 8.85. The van der Waals surface area contributed by atoms with Crippen molar-refractivity contribution in [3.05, 3.63) is 35.4 Å². The van der Waals surface area contributed by atoms with Crippen LogP contribution in [0.15, 0.2) is 24.8 Å². The van der Waals surface area contributed by atoms with E-state index in [-0.39, 0.29) is 37.6 Å². The van der Waals surface area contributed by atoms with E-state index in [9.17, 15) is 0 Å². The van der Waals surface area contributed by atoms with Gasteiger partial charge in [-0.3, -0.25) is 4.90 Å². The lowest BCUT2D eigenvalue weighted by atomic mass is 10.0. The van der Waals surface area contributed by atoms with Crippen LogP contribution in [0.25, 0.3) is 0 Å². The van der Waals surface area contributed by atoms with Gasteiger partial charge in [0.25, 0.3) is 0 Å². The fraction of sp³-hybridized carbons (Fsp3) is 0.467. The maximum Gasteiger partial charge on any atom is 0.231 e. The van der Waals surface area contributed by atoms with E-state index in [1.807, 2.05) is 18.2 Å². The number of fused-ring (bicyclic) bond motifs is 1. The lowest BCUT2D eigenvalue weighted by molar-refractivity contribution is 0.171. The topological polar surface area (TPSA) is 33.7 Å². The number of benzene rings is 1. The molecule has 0 aliphatic carbocycles. The summed E-state index contributed by atoms with van der Waals surface area (Å²) in [5.74, 6) is 1.52. The highest BCUT2D eigenvalue weighted by molar-refractivity contribution is 6.31. The molecule has 0 bridgehead atoms. The number of piperazine rings is 1. The van der Waals surface area contributed by atoms with Crippen LogP contribution in [0.5, 0.6) is 11.5 Å². The van der Waals surface area contributed by atoms with Gasteiger partial charge in [-0.25, -0.2) is 0 Å². The van der Waals surface area contributed by atoms with Gasteiger partial charge >= 0.3 is 0 Å². The second-order valence-electron chi connectivity index (χ2n) is 5.05. The van der Waals surface area contributed by atoms with Gasteiger partial charge in [0.15, 0.2) is 11.5 Å². The van der Waals surface area contributed by atoms with Crippen LogP contribution in [0, 0.1) is 0 Å². The minimum absolute atomic E-state index is 0. The molecule has 1 saturated heterocycles. The molecule has 1 fully saturated rings. The van der Waals surface area contributed by atoms with Gasteiger partial charge < -0.3 is 14.8 Å². The van der Waals surface area contributed by atoms with E-state index in [0.717, 1.165) is 54.7 Å². The smallest absolute Gasteiger partial charge is 0.231 e. The zero-order valence-corrected chi connectivity index (χ0v) is 14.6. The molecule has 0 saturated carbocycles. The van der Waals surface area contributed by atoms with Crippen LogP contribution < -0.4 is 14.8 Å². The van der Waals surface area contributed by atoms with E-state index >= 15 is 0 Å². The van der Waals surface area contributed by atoms with Crippen LogP contribution >= 0.6 is 36.4 Å². The molecule has 4 nitrogen and oxygen atoms in total. The summed E-state index contributed by atoms with van der Waals surface area (Å²) in [5.41, 5.74) is 1.10. The van der Waals surface area contributed by atoms with Gasteiger partial charge in [0.1, 0.15) is 0 Å². The predicted molar refractivity (Wildman–Crippen MR) is 94.1 cm³/mol. The first kappa shape index (κ1) is 19.4. The Kier molecular flexibility index (Phi) is 7.80. The van der Waals surface area contributed by atoms with Gasteiger partial charge in [-0.1, -0.05) is 17.7 Å². The quantitative estimate of drug-likeness (QED) is 0.827. The lowest BCUT2D eigenvalue weighted by Gasteiger charge is -2.35. The molecule has 2 aliphatic rings. The molecule has 0 amide bonds. The summed E-state index contributed by atoms with van der Waals surface area (Å²) in [6.07, 6.45) is 2.83. The molecular weight excluding hydrogens is 347 g/mol. The van der Waals surface area contributed by atoms with Crippen LogP contribution in [-0.4, -0.2) is 37.9 Å². The molecule has 124 valence electrons. The van der Waals surface area contributed by atoms with Crippen LogP contribution in [0.4, 0.5) is 0 Å². The van der Waals surface area contributed by atoms with Gasteiger partial charge in [-0.15, -0.1) is 31.4 Å². The third-order valence-corrected chi connectivity index (χ3v) is 4.16. The molecule has 0 unspecified atom stereocenters. The molecule has 0 radical (unpaired) electrons. The van der Waals surface area contributed by atoms with Crippen LogP contribution in [0.1, 0.15) is 18.0 Å². The Hall–Kier alpha value is -0.650. The minimum Gasteiger partial charge on any atom is -0.454 e. The van der Waals surface area contributed by atoms with Crippen molar-refractivity contribution in [2.24, 2.45) is 0 Å². The molecule has 1 N–H and O–H groups in total. The third kappa shape index (κ3) is 4.00. The number of hydrogen-bond acceptors (Lipinski definition) is 4. The van der Waals surface area contributed by atoms with E-state index in [1.165, 1.54) is 0 Å². The lowest BCUT2D eigenvalue weighted by Crippen LogP contribution is -2.45. The van der Waals surface area contributed by atoms with E-state index in [4.69, 9.17) is 21.1 Å². The molecule has 0 aromatic heterocycles. The Balaban J connectivity index is 0.00000121. The van der Waals surface area contributed by atoms with Crippen LogP contribution in [-0.2, 0) is 0 Å². The Morgan fingerprint density at radius 1 is 1.23 bits per heavy atom. The number of rotatable bonds is 4. The van der Waals surface area contributed by atoms with Crippen LogP contribution in [0.3, 0.4) is 0 Å². The molecule has 1 aromatic carbocycles. The normalized spacial score (nSPS) is 18.0. The van der Waals surface area contributed by atoms with Crippen molar-refractivity contribution in [2.75, 3.05) is 33.0 Å². The SMILES string of the molecule is C=CC[C@@H](c1cc2c(cc1Cl)OCO2)N1CCNCC1.Cl.Cl. The fourth-order valence-corrected chi connectivity index (χ4v) is 3.09. The molecule has 1 aromatic rings. The largest absolute Gasteiger partial charge is 0.454 e. The number of ether oxygens (including phenoxy) is 2. The highest BCUT2D eigenvalue weighted by atomic mass is 35.5. The first-order valence-corrected chi connectivity index (χ1v) is 7.32. The van der Waals surface area contributed by atoms with E-state index in [0.29, 0.717) is 0 Å². The summed E-state index contributed by atoms with van der Waals surface area (Å²) < 4.78 is 10.8. The summed E-state index contributed by atoms with van der Waals surface area (Å²) in [6.45, 7) is 8.21. The van der Waals surface area contributed by atoms with E-state index in [2.05, 4.69) is 16.8 Å². The minimum atomic E-state index is 0. The number of hydrogen-bond donors (Lipinski definition) is 1. The maximum absolute atomic E-state index is 6.45. The highest BCUT2D eigenvalue weighted by Gasteiger charge is 2.26. The van der Waals surface area contributed by atoms with E-state index < -0.39 is 0 Å². The summed E-state index contributed by atoms with van der Waals surface area (Å²) >= 11 is 6.45. The first-order chi connectivity index (χ1) is 9.79. The van der Waals surface area contributed by atoms with Crippen molar-refractivity contribution in [3.8, 4) is 11.5 Å². The average Bonchev–Trinajstić information content (AvgIpc) is 2.92. The summed E-state index contributed by atoms with van der Waals surface area (Å²) in [5, 5.41) is 4.11. The van der Waals surface area contributed by atoms with Gasteiger partial charge in [-0.2, -0.15) is 0 Å². The summed E-state index contributed by atoms with van der Waals surface area (Å²) in [7, 11) is 0. The van der Waals surface area contributed by atoms with Gasteiger partial charge in [0.2, 0.25) is 6.79 Å². The van der Waals surface area contributed by atoms with Crippen molar-refractivity contribution in [1.82, 2.24) is 10.2 Å². The second-order valence-corrected chi connectivity index (χ2v) is 5.46. The number of nitrogens with zero attached hydrogens (tertiary/aromatic N) is 1. The molecule has 2 aliphatic heterocycles. The van der Waals surface area contributed by atoms with Crippen molar-refractivity contribution < 1.29 is 9.47 Å². The zero-order valence-electron chi connectivity index (χ0n) is 12.2. The molecular formula is C15H21Cl3N2O2. The predicted octanol–water partition coefficient (Wildman–Crippen LogP) is 3.43. The first-order valence-electron chi connectivity index (χ1n) is 6.94. The highest BCUT2D eigenvalue weighted by Crippen LogP contribution is 2.41. The Morgan fingerprint density at radius 3 is 2.50 bits per heavy atom. The molecule has 1 atom stereocenters. The molecule has 2 heterocycles. The molecule has 0 spiro atoms. The maximum atomic E-state index is 6.45. The Bertz CT molecular complexity index is 508. The van der Waals surface area contributed by atoms with Crippen molar-refractivity contribution in [3.63, 3.8) is 0 Å². The fourth-order valence-electron chi connectivity index (χ4n) is 2.81. The van der Waals surface area contributed by atoms with Gasteiger partial charge in [0, 0.05) is 43.3 Å². The average molecular weight is 368 g/mol. The molecule has 7 heteroatoms. The van der Waals surface area contributed by atoms with Gasteiger partial charge in [0.05, 0.1) is 0 Å². The summed E-state index contributed by atoms with van der Waals surface area (Å²) in [6, 6.07) is 4.12. The zero-order chi connectivity index (χ0) is 13.9. The molecule has 3 rings (SSSR count). The van der Waals surface area contributed by atoms with Crippen molar-refractivity contribution in [1.29, 1.82) is 0 Å². The van der Waals surface area contributed by atoms with Crippen LogP contribution in [0.2, 0.25) is 5.02 Å². The third-order valence-electron chi connectivity index (χ3n) is 3.83. The summed E-state index contributed by atoms with van der Waals surface area (Å²) in [4.78, 5) is 2.45. The molecule has 22 heavy (non-hydrogen) atoms. The Labute approximate surface area is 148 Å². The van der Waals surface area contributed by atoms with Crippen molar-refractivity contribution >= 4 is 36.4 Å². The monoisotopic (exact) mass is 366 g/mol. The number of halogens is 3. The number of nitrogens with one attached hydrogen (secondary N) is 1. The Morgan fingerprint density at radius 2 is 1.86 bits per heavy atom. The van der Waals surface area contributed by atoms with Crippen molar-refractivity contribution in [2.45, 2.75) is 12.5 Å². The standard InChI is InChI=1S/C15H19ClN2O2.2ClH/c1-2-3-13(18-6-4-17-5-7-18)11-8-14-15(9-12(11)16)20-10-19-14;;/h2,8-9,13,17H,1,3-7,10H2;2*1H/t13-;;/m0../s1.